The zero-order valence-corrected chi connectivity index (χ0v) is 12.3. The van der Waals surface area contributed by atoms with Gasteiger partial charge >= 0.3 is 0 Å². The first-order valence-corrected chi connectivity index (χ1v) is 7.14. The molecule has 21 heavy (non-hydrogen) atoms. The summed E-state index contributed by atoms with van der Waals surface area (Å²) in [6.45, 7) is 5.82. The predicted octanol–water partition coefficient (Wildman–Crippen LogP) is 3.39. The zero-order chi connectivity index (χ0) is 14.8. The number of anilines is 3. The van der Waals surface area contributed by atoms with E-state index < -0.39 is 0 Å². The van der Waals surface area contributed by atoms with Crippen molar-refractivity contribution in [2.24, 2.45) is 0 Å². The van der Waals surface area contributed by atoms with Crippen LogP contribution in [0.1, 0.15) is 21.5 Å². The Labute approximate surface area is 124 Å². The molecule has 0 bridgehead atoms. The molecular weight excluding hydrogens is 262 g/mol. The second kappa shape index (κ2) is 5.48. The molecule has 3 rings (SSSR count). The normalized spacial score (nSPS) is 12.9. The van der Waals surface area contributed by atoms with Gasteiger partial charge in [-0.2, -0.15) is 0 Å². The summed E-state index contributed by atoms with van der Waals surface area (Å²) < 4.78 is 0. The number of amides is 1. The lowest BCUT2D eigenvalue weighted by Crippen LogP contribution is -2.21. The smallest absolute Gasteiger partial charge is 0.255 e. The predicted molar refractivity (Wildman–Crippen MR) is 87.3 cm³/mol. The first-order chi connectivity index (χ1) is 10.1. The molecule has 1 aliphatic heterocycles. The highest BCUT2D eigenvalue weighted by Gasteiger charge is 2.12. The molecule has 0 fully saturated rings. The molecule has 0 saturated carbocycles. The third kappa shape index (κ3) is 2.84. The summed E-state index contributed by atoms with van der Waals surface area (Å²) in [4.78, 5) is 12.4. The van der Waals surface area contributed by atoms with Crippen molar-refractivity contribution in [2.45, 2.75) is 13.8 Å². The van der Waals surface area contributed by atoms with E-state index in [1.165, 1.54) is 5.56 Å². The molecule has 1 amide bonds. The topological polar surface area (TPSA) is 53.2 Å². The first kappa shape index (κ1) is 13.5. The Hall–Kier alpha value is -2.49. The molecule has 2 aromatic rings. The molecular formula is C17H19N3O. The summed E-state index contributed by atoms with van der Waals surface area (Å²) in [6.07, 6.45) is 0. The monoisotopic (exact) mass is 281 g/mol. The van der Waals surface area contributed by atoms with E-state index in [9.17, 15) is 4.79 Å². The Kier molecular flexibility index (Phi) is 3.52. The number of aryl methyl sites for hydroxylation is 2. The van der Waals surface area contributed by atoms with Crippen molar-refractivity contribution in [3.8, 4) is 0 Å². The fraction of sp³-hybridized carbons (Fsp3) is 0.235. The average Bonchev–Trinajstić information content (AvgIpc) is 2.49. The second-order valence-electron chi connectivity index (χ2n) is 5.39. The number of rotatable bonds is 2. The molecule has 4 heteroatoms. The van der Waals surface area contributed by atoms with Gasteiger partial charge in [-0.15, -0.1) is 0 Å². The first-order valence-electron chi connectivity index (χ1n) is 7.14. The lowest BCUT2D eigenvalue weighted by Gasteiger charge is -2.20. The molecule has 0 saturated heterocycles. The molecule has 0 unspecified atom stereocenters. The van der Waals surface area contributed by atoms with Crippen LogP contribution in [0.2, 0.25) is 0 Å². The fourth-order valence-electron chi connectivity index (χ4n) is 2.53. The number of hydrogen-bond acceptors (Lipinski definition) is 3. The van der Waals surface area contributed by atoms with Gasteiger partial charge in [0.25, 0.3) is 5.91 Å². The fourth-order valence-corrected chi connectivity index (χ4v) is 2.53. The van der Waals surface area contributed by atoms with E-state index >= 15 is 0 Å². The van der Waals surface area contributed by atoms with E-state index in [4.69, 9.17) is 0 Å². The van der Waals surface area contributed by atoms with Crippen LogP contribution in [0.5, 0.6) is 0 Å². The Morgan fingerprint density at radius 1 is 1.00 bits per heavy atom. The van der Waals surface area contributed by atoms with Crippen molar-refractivity contribution in [3.63, 3.8) is 0 Å². The van der Waals surface area contributed by atoms with Gasteiger partial charge in [0, 0.05) is 24.3 Å². The zero-order valence-electron chi connectivity index (χ0n) is 12.3. The third-order valence-electron chi connectivity index (χ3n) is 3.67. The van der Waals surface area contributed by atoms with Crippen LogP contribution in [0, 0.1) is 13.8 Å². The van der Waals surface area contributed by atoms with Crippen LogP contribution < -0.4 is 16.0 Å². The summed E-state index contributed by atoms with van der Waals surface area (Å²) in [5, 5.41) is 9.57. The van der Waals surface area contributed by atoms with E-state index in [0.717, 1.165) is 35.7 Å². The largest absolute Gasteiger partial charge is 0.382 e. The summed E-state index contributed by atoms with van der Waals surface area (Å²) in [5.74, 6) is -0.0860. The summed E-state index contributed by atoms with van der Waals surface area (Å²) in [5.41, 5.74) is 5.80. The number of carbonyl (C=O) groups is 1. The SMILES string of the molecule is Cc1ccc(NC(=O)c2ccc3c(c2)NCCN3)c(C)c1. The molecule has 108 valence electrons. The maximum absolute atomic E-state index is 12.4. The Balaban J connectivity index is 1.82. The summed E-state index contributed by atoms with van der Waals surface area (Å²) in [6, 6.07) is 11.7. The number of benzene rings is 2. The maximum atomic E-state index is 12.4. The van der Waals surface area contributed by atoms with Gasteiger partial charge < -0.3 is 16.0 Å². The van der Waals surface area contributed by atoms with Crippen molar-refractivity contribution in [1.82, 2.24) is 0 Å². The standard InChI is InChI=1S/C17H19N3O/c1-11-3-5-14(12(2)9-11)20-17(21)13-4-6-15-16(10-13)19-8-7-18-15/h3-6,9-10,18-19H,7-8H2,1-2H3,(H,20,21). The van der Waals surface area contributed by atoms with Gasteiger partial charge in [0.1, 0.15) is 0 Å². The number of carbonyl (C=O) groups excluding carboxylic acids is 1. The van der Waals surface area contributed by atoms with Gasteiger partial charge in [-0.25, -0.2) is 0 Å². The van der Waals surface area contributed by atoms with Gasteiger partial charge in [0.15, 0.2) is 0 Å². The van der Waals surface area contributed by atoms with Crippen LogP contribution >= 0.6 is 0 Å². The second-order valence-corrected chi connectivity index (χ2v) is 5.39. The molecule has 1 aliphatic rings. The molecule has 0 spiro atoms. The lowest BCUT2D eigenvalue weighted by atomic mass is 10.1. The van der Waals surface area contributed by atoms with Crippen molar-refractivity contribution in [1.29, 1.82) is 0 Å². The molecule has 3 N–H and O–H groups in total. The molecule has 0 atom stereocenters. The minimum Gasteiger partial charge on any atom is -0.382 e. The Bertz CT molecular complexity index is 694. The van der Waals surface area contributed by atoms with Crippen molar-refractivity contribution >= 4 is 23.0 Å². The van der Waals surface area contributed by atoms with Crippen LogP contribution in [-0.2, 0) is 0 Å². The van der Waals surface area contributed by atoms with E-state index in [1.807, 2.05) is 44.2 Å². The minimum absolute atomic E-state index is 0.0860. The van der Waals surface area contributed by atoms with Crippen LogP contribution in [0.4, 0.5) is 17.1 Å². The molecule has 1 heterocycles. The molecule has 0 aliphatic carbocycles. The number of hydrogen-bond donors (Lipinski definition) is 3. The van der Waals surface area contributed by atoms with E-state index in [2.05, 4.69) is 22.0 Å². The quantitative estimate of drug-likeness (QED) is 0.791. The number of fused-ring (bicyclic) bond motifs is 1. The molecule has 4 nitrogen and oxygen atoms in total. The van der Waals surface area contributed by atoms with Gasteiger partial charge in [-0.1, -0.05) is 17.7 Å². The average molecular weight is 281 g/mol. The lowest BCUT2D eigenvalue weighted by molar-refractivity contribution is 0.102. The van der Waals surface area contributed by atoms with Crippen LogP contribution in [0.15, 0.2) is 36.4 Å². The molecule has 0 radical (unpaired) electrons. The third-order valence-corrected chi connectivity index (χ3v) is 3.67. The highest BCUT2D eigenvalue weighted by atomic mass is 16.1. The summed E-state index contributed by atoms with van der Waals surface area (Å²) in [7, 11) is 0. The van der Waals surface area contributed by atoms with Crippen LogP contribution in [-0.4, -0.2) is 19.0 Å². The number of nitrogens with one attached hydrogen (secondary N) is 3. The molecule has 0 aromatic heterocycles. The van der Waals surface area contributed by atoms with E-state index in [-0.39, 0.29) is 5.91 Å². The minimum atomic E-state index is -0.0860. The van der Waals surface area contributed by atoms with Crippen LogP contribution in [0.25, 0.3) is 0 Å². The Morgan fingerprint density at radius 2 is 1.76 bits per heavy atom. The van der Waals surface area contributed by atoms with E-state index in [0.29, 0.717) is 5.56 Å². The van der Waals surface area contributed by atoms with E-state index in [1.54, 1.807) is 0 Å². The molecule has 2 aromatic carbocycles. The van der Waals surface area contributed by atoms with Gasteiger partial charge in [0.05, 0.1) is 11.4 Å². The highest BCUT2D eigenvalue weighted by molar-refractivity contribution is 6.05. The van der Waals surface area contributed by atoms with Crippen molar-refractivity contribution < 1.29 is 4.79 Å². The van der Waals surface area contributed by atoms with Gasteiger partial charge in [0.2, 0.25) is 0 Å². The highest BCUT2D eigenvalue weighted by Crippen LogP contribution is 2.26. The Morgan fingerprint density at radius 3 is 2.52 bits per heavy atom. The summed E-state index contributed by atoms with van der Waals surface area (Å²) >= 11 is 0. The van der Waals surface area contributed by atoms with Crippen molar-refractivity contribution in [3.05, 3.63) is 53.1 Å². The maximum Gasteiger partial charge on any atom is 0.255 e. The van der Waals surface area contributed by atoms with Gasteiger partial charge in [-0.3, -0.25) is 4.79 Å². The van der Waals surface area contributed by atoms with Crippen LogP contribution in [0.3, 0.4) is 0 Å². The van der Waals surface area contributed by atoms with Gasteiger partial charge in [-0.05, 0) is 43.7 Å². The van der Waals surface area contributed by atoms with Crippen molar-refractivity contribution in [2.75, 3.05) is 29.0 Å².